The summed E-state index contributed by atoms with van der Waals surface area (Å²) in [6.45, 7) is 10.4. The Balaban J connectivity index is 2.06. The molecule has 1 aliphatic rings. The number of guanidine groups is 1. The van der Waals surface area contributed by atoms with Gasteiger partial charge in [-0.1, -0.05) is 44.2 Å². The van der Waals surface area contributed by atoms with E-state index in [2.05, 4.69) is 43.1 Å². The molecular formula is C18H29N3O. The molecule has 0 amide bonds. The number of methoxy groups -OCH3 is 1. The number of ether oxygens (including phenoxy) is 1. The largest absolute Gasteiger partial charge is 0.375 e. The third kappa shape index (κ3) is 4.47. The lowest BCUT2D eigenvalue weighted by molar-refractivity contribution is 0.110. The maximum absolute atomic E-state index is 5.62. The Morgan fingerprint density at radius 3 is 2.64 bits per heavy atom. The standard InChI is InChI=1S/C18H29N3O/c1-5-19-17(21-12-11-18(2,3)14-21)20-13-16(22-4)15-9-7-6-8-10-15/h6-10,16H,5,11-14H2,1-4H3,(H,19,20). The van der Waals surface area contributed by atoms with Crippen molar-refractivity contribution < 1.29 is 4.74 Å². The predicted molar refractivity (Wildman–Crippen MR) is 92.1 cm³/mol. The smallest absolute Gasteiger partial charge is 0.194 e. The Morgan fingerprint density at radius 1 is 1.36 bits per heavy atom. The van der Waals surface area contributed by atoms with Gasteiger partial charge in [0, 0.05) is 26.7 Å². The molecule has 0 aliphatic carbocycles. The molecule has 122 valence electrons. The minimum atomic E-state index is 0.00506. The second-order valence-corrected chi connectivity index (χ2v) is 6.67. The minimum absolute atomic E-state index is 0.00506. The molecule has 4 nitrogen and oxygen atoms in total. The van der Waals surface area contributed by atoms with E-state index in [-0.39, 0.29) is 6.10 Å². The molecule has 0 radical (unpaired) electrons. The summed E-state index contributed by atoms with van der Waals surface area (Å²) in [6.07, 6.45) is 1.22. The normalized spacial score (nSPS) is 19.3. The van der Waals surface area contributed by atoms with Crippen molar-refractivity contribution in [3.63, 3.8) is 0 Å². The molecule has 1 fully saturated rings. The van der Waals surface area contributed by atoms with Crippen molar-refractivity contribution >= 4 is 5.96 Å². The molecule has 0 saturated carbocycles. The van der Waals surface area contributed by atoms with E-state index in [1.165, 1.54) is 12.0 Å². The molecule has 4 heteroatoms. The summed E-state index contributed by atoms with van der Waals surface area (Å²) < 4.78 is 5.62. The molecule has 0 bridgehead atoms. The van der Waals surface area contributed by atoms with Crippen LogP contribution >= 0.6 is 0 Å². The Hall–Kier alpha value is -1.55. The van der Waals surface area contributed by atoms with Crippen molar-refractivity contribution in [2.75, 3.05) is 33.3 Å². The average molecular weight is 303 g/mol. The molecular weight excluding hydrogens is 274 g/mol. The SMILES string of the molecule is CCNC(=NCC(OC)c1ccccc1)N1CCC(C)(C)C1. The van der Waals surface area contributed by atoms with E-state index in [9.17, 15) is 0 Å². The van der Waals surface area contributed by atoms with E-state index < -0.39 is 0 Å². The van der Waals surface area contributed by atoms with Crippen LogP contribution in [-0.4, -0.2) is 44.1 Å². The number of benzene rings is 1. The number of nitrogens with zero attached hydrogens (tertiary/aromatic N) is 2. The van der Waals surface area contributed by atoms with E-state index in [0.717, 1.165) is 25.6 Å². The Bertz CT molecular complexity index is 484. The third-order valence-electron chi connectivity index (χ3n) is 4.17. The Morgan fingerprint density at radius 2 is 2.09 bits per heavy atom. The fourth-order valence-corrected chi connectivity index (χ4v) is 2.87. The molecule has 1 saturated heterocycles. The first kappa shape index (κ1) is 16.8. The lowest BCUT2D eigenvalue weighted by atomic mass is 9.93. The third-order valence-corrected chi connectivity index (χ3v) is 4.17. The summed E-state index contributed by atoms with van der Waals surface area (Å²) in [6, 6.07) is 10.3. The molecule has 1 unspecified atom stereocenters. The van der Waals surface area contributed by atoms with Gasteiger partial charge in [-0.2, -0.15) is 0 Å². The number of hydrogen-bond acceptors (Lipinski definition) is 2. The number of nitrogens with one attached hydrogen (secondary N) is 1. The maximum Gasteiger partial charge on any atom is 0.194 e. The van der Waals surface area contributed by atoms with Crippen LogP contribution in [0.25, 0.3) is 0 Å². The monoisotopic (exact) mass is 303 g/mol. The second-order valence-electron chi connectivity index (χ2n) is 6.67. The highest BCUT2D eigenvalue weighted by Gasteiger charge is 2.30. The predicted octanol–water partition coefficient (Wildman–Crippen LogP) is 3.07. The van der Waals surface area contributed by atoms with E-state index in [1.807, 2.05) is 18.2 Å². The fraction of sp³-hybridized carbons (Fsp3) is 0.611. The van der Waals surface area contributed by atoms with Crippen molar-refractivity contribution in [2.45, 2.75) is 33.3 Å². The summed E-state index contributed by atoms with van der Waals surface area (Å²) in [5.74, 6) is 1.01. The number of likely N-dealkylation sites (tertiary alicyclic amines) is 1. The van der Waals surface area contributed by atoms with Crippen LogP contribution in [0.5, 0.6) is 0 Å². The van der Waals surface area contributed by atoms with E-state index >= 15 is 0 Å². The van der Waals surface area contributed by atoms with E-state index in [1.54, 1.807) is 7.11 Å². The van der Waals surface area contributed by atoms with Gasteiger partial charge in [0.1, 0.15) is 6.10 Å². The zero-order valence-electron chi connectivity index (χ0n) is 14.3. The van der Waals surface area contributed by atoms with Crippen LogP contribution in [0.15, 0.2) is 35.3 Å². The molecule has 1 N–H and O–H groups in total. The summed E-state index contributed by atoms with van der Waals surface area (Å²) in [4.78, 5) is 7.18. The van der Waals surface area contributed by atoms with Gasteiger partial charge in [-0.3, -0.25) is 4.99 Å². The topological polar surface area (TPSA) is 36.9 Å². The quantitative estimate of drug-likeness (QED) is 0.671. The van der Waals surface area contributed by atoms with E-state index in [0.29, 0.717) is 12.0 Å². The second kappa shape index (κ2) is 7.63. The minimum Gasteiger partial charge on any atom is -0.375 e. The van der Waals surface area contributed by atoms with Crippen LogP contribution < -0.4 is 5.32 Å². The van der Waals surface area contributed by atoms with Gasteiger partial charge in [0.2, 0.25) is 0 Å². The van der Waals surface area contributed by atoms with Crippen molar-refractivity contribution in [3.8, 4) is 0 Å². The summed E-state index contributed by atoms with van der Waals surface area (Å²) in [5, 5.41) is 3.41. The van der Waals surface area contributed by atoms with Gasteiger partial charge in [0.15, 0.2) is 5.96 Å². The summed E-state index contributed by atoms with van der Waals surface area (Å²) in [7, 11) is 1.75. The molecule has 0 spiro atoms. The first-order chi connectivity index (χ1) is 10.6. The summed E-state index contributed by atoms with van der Waals surface area (Å²) >= 11 is 0. The van der Waals surface area contributed by atoms with Crippen LogP contribution in [0.1, 0.15) is 38.9 Å². The Kier molecular flexibility index (Phi) is 5.83. The van der Waals surface area contributed by atoms with Gasteiger partial charge >= 0.3 is 0 Å². The first-order valence-electron chi connectivity index (χ1n) is 8.17. The highest BCUT2D eigenvalue weighted by Crippen LogP contribution is 2.28. The highest BCUT2D eigenvalue weighted by molar-refractivity contribution is 5.80. The zero-order valence-corrected chi connectivity index (χ0v) is 14.3. The van der Waals surface area contributed by atoms with Gasteiger partial charge in [0.05, 0.1) is 6.54 Å². The van der Waals surface area contributed by atoms with Crippen LogP contribution in [0.4, 0.5) is 0 Å². The van der Waals surface area contributed by atoms with Crippen LogP contribution in [0.3, 0.4) is 0 Å². The van der Waals surface area contributed by atoms with Gasteiger partial charge in [-0.15, -0.1) is 0 Å². The molecule has 22 heavy (non-hydrogen) atoms. The van der Waals surface area contributed by atoms with Gasteiger partial charge in [-0.25, -0.2) is 0 Å². The zero-order chi connectivity index (χ0) is 16.0. The van der Waals surface area contributed by atoms with Crippen LogP contribution in [0.2, 0.25) is 0 Å². The van der Waals surface area contributed by atoms with Crippen molar-refractivity contribution in [3.05, 3.63) is 35.9 Å². The fourth-order valence-electron chi connectivity index (χ4n) is 2.87. The number of aliphatic imine (C=N–C) groups is 1. The average Bonchev–Trinajstić information content (AvgIpc) is 2.88. The molecule has 1 atom stereocenters. The van der Waals surface area contributed by atoms with E-state index in [4.69, 9.17) is 9.73 Å². The molecule has 2 rings (SSSR count). The lowest BCUT2D eigenvalue weighted by Crippen LogP contribution is -2.41. The highest BCUT2D eigenvalue weighted by atomic mass is 16.5. The molecule has 1 aliphatic heterocycles. The van der Waals surface area contributed by atoms with Gasteiger partial charge in [-0.05, 0) is 24.3 Å². The maximum atomic E-state index is 5.62. The lowest BCUT2D eigenvalue weighted by Gasteiger charge is -2.24. The van der Waals surface area contributed by atoms with Gasteiger partial charge in [0.25, 0.3) is 0 Å². The first-order valence-corrected chi connectivity index (χ1v) is 8.17. The van der Waals surface area contributed by atoms with Crippen LogP contribution in [0, 0.1) is 5.41 Å². The number of hydrogen-bond donors (Lipinski definition) is 1. The van der Waals surface area contributed by atoms with Crippen molar-refractivity contribution in [1.82, 2.24) is 10.2 Å². The molecule has 1 aromatic carbocycles. The van der Waals surface area contributed by atoms with Crippen molar-refractivity contribution in [2.24, 2.45) is 10.4 Å². The molecule has 0 aromatic heterocycles. The van der Waals surface area contributed by atoms with Crippen molar-refractivity contribution in [1.29, 1.82) is 0 Å². The number of rotatable bonds is 5. The summed E-state index contributed by atoms with van der Waals surface area (Å²) in [5.41, 5.74) is 1.54. The van der Waals surface area contributed by atoms with Crippen LogP contribution in [-0.2, 0) is 4.74 Å². The van der Waals surface area contributed by atoms with Gasteiger partial charge < -0.3 is 15.0 Å². The molecule has 1 heterocycles. The molecule has 1 aromatic rings. The Labute approximate surface area is 134 Å².